The Morgan fingerprint density at radius 3 is 3.06 bits per heavy atom. The Balaban J connectivity index is 2.50. The summed E-state index contributed by atoms with van der Waals surface area (Å²) >= 11 is 3.28. The average molecular weight is 282 g/mol. The maximum Gasteiger partial charge on any atom is 0.271 e. The second-order valence-corrected chi connectivity index (χ2v) is 3.80. The smallest absolute Gasteiger partial charge is 0.271 e. The maximum atomic E-state index is 10.6. The normalized spacial score (nSPS) is 11.3. The van der Waals surface area contributed by atoms with Gasteiger partial charge in [0, 0.05) is 22.8 Å². The number of hydrogen-bond donors (Lipinski definition) is 1. The van der Waals surface area contributed by atoms with Crippen LogP contribution in [-0.2, 0) is 0 Å². The zero-order chi connectivity index (χ0) is 11.5. The van der Waals surface area contributed by atoms with Gasteiger partial charge in [-0.25, -0.2) is 0 Å². The molecule has 0 spiro atoms. The fourth-order valence-electron chi connectivity index (χ4n) is 1.43. The molecule has 2 aromatic rings. The second-order valence-electron chi connectivity index (χ2n) is 3.15. The molecule has 82 valence electrons. The highest BCUT2D eigenvalue weighted by atomic mass is 79.9. The third-order valence-corrected chi connectivity index (χ3v) is 2.53. The van der Waals surface area contributed by atoms with Crippen LogP contribution in [0.3, 0.4) is 0 Å². The standard InChI is InChI=1S/C10H8BrN3O2/c11-5-1-2-9-8-4-3-7(14(15)16)6-10(8)13-12-9/h1-4,6H,5H2,(H,12,13). The van der Waals surface area contributed by atoms with Gasteiger partial charge in [0.2, 0.25) is 0 Å². The van der Waals surface area contributed by atoms with Crippen LogP contribution in [-0.4, -0.2) is 20.5 Å². The number of nitrogens with one attached hydrogen (secondary N) is 1. The predicted octanol–water partition coefficient (Wildman–Crippen LogP) is 2.88. The van der Waals surface area contributed by atoms with E-state index in [1.807, 2.05) is 12.2 Å². The summed E-state index contributed by atoms with van der Waals surface area (Å²) in [5.74, 6) is 0. The number of H-pyrrole nitrogens is 1. The highest BCUT2D eigenvalue weighted by molar-refractivity contribution is 9.09. The molecule has 0 fully saturated rings. The Bertz CT molecular complexity index is 562. The van der Waals surface area contributed by atoms with Crippen LogP contribution in [0.25, 0.3) is 17.0 Å². The molecule has 1 N–H and O–H groups in total. The molecule has 0 bridgehead atoms. The lowest BCUT2D eigenvalue weighted by molar-refractivity contribution is -0.384. The van der Waals surface area contributed by atoms with E-state index in [1.54, 1.807) is 6.07 Å². The molecule has 0 aliphatic rings. The van der Waals surface area contributed by atoms with Crippen molar-refractivity contribution in [3.8, 4) is 0 Å². The van der Waals surface area contributed by atoms with Gasteiger partial charge in [0.15, 0.2) is 0 Å². The van der Waals surface area contributed by atoms with Crippen LogP contribution in [0.1, 0.15) is 5.69 Å². The van der Waals surface area contributed by atoms with Gasteiger partial charge in [-0.2, -0.15) is 5.10 Å². The minimum atomic E-state index is -0.422. The van der Waals surface area contributed by atoms with Crippen LogP contribution >= 0.6 is 15.9 Å². The molecular formula is C10H8BrN3O2. The quantitative estimate of drug-likeness (QED) is 0.534. The van der Waals surface area contributed by atoms with Gasteiger partial charge in [-0.1, -0.05) is 22.0 Å². The number of nitro groups is 1. The molecule has 6 heteroatoms. The lowest BCUT2D eigenvalue weighted by Gasteiger charge is -1.91. The predicted molar refractivity (Wildman–Crippen MR) is 65.6 cm³/mol. The Hall–Kier alpha value is -1.69. The molecule has 0 radical (unpaired) electrons. The van der Waals surface area contributed by atoms with Crippen molar-refractivity contribution in [1.29, 1.82) is 0 Å². The van der Waals surface area contributed by atoms with E-state index >= 15 is 0 Å². The van der Waals surface area contributed by atoms with Gasteiger partial charge >= 0.3 is 0 Å². The van der Waals surface area contributed by atoms with Crippen molar-refractivity contribution in [1.82, 2.24) is 10.2 Å². The summed E-state index contributed by atoms with van der Waals surface area (Å²) in [5.41, 5.74) is 1.51. The average Bonchev–Trinajstić information content (AvgIpc) is 2.68. The highest BCUT2D eigenvalue weighted by Crippen LogP contribution is 2.22. The fraction of sp³-hybridized carbons (Fsp3) is 0.100. The Kier molecular flexibility index (Phi) is 3.00. The van der Waals surface area contributed by atoms with Crippen molar-refractivity contribution in [2.45, 2.75) is 0 Å². The van der Waals surface area contributed by atoms with Gasteiger partial charge in [0.25, 0.3) is 5.69 Å². The van der Waals surface area contributed by atoms with E-state index in [0.29, 0.717) is 5.52 Å². The van der Waals surface area contributed by atoms with Crippen molar-refractivity contribution in [2.75, 3.05) is 5.33 Å². The number of halogens is 1. The summed E-state index contributed by atoms with van der Waals surface area (Å²) in [5, 5.41) is 19.0. The number of nitro benzene ring substituents is 1. The van der Waals surface area contributed by atoms with Crippen molar-refractivity contribution >= 4 is 38.6 Å². The van der Waals surface area contributed by atoms with Crippen molar-refractivity contribution in [3.63, 3.8) is 0 Å². The van der Waals surface area contributed by atoms with Gasteiger partial charge in [-0.15, -0.1) is 0 Å². The zero-order valence-electron chi connectivity index (χ0n) is 8.18. The lowest BCUT2D eigenvalue weighted by atomic mass is 10.2. The van der Waals surface area contributed by atoms with Crippen LogP contribution in [0, 0.1) is 10.1 Å². The van der Waals surface area contributed by atoms with Crippen molar-refractivity contribution < 1.29 is 4.92 Å². The number of aromatic nitrogens is 2. The summed E-state index contributed by atoms with van der Waals surface area (Å²) in [4.78, 5) is 10.2. The minimum absolute atomic E-state index is 0.0622. The van der Waals surface area contributed by atoms with E-state index in [4.69, 9.17) is 0 Å². The van der Waals surface area contributed by atoms with Gasteiger partial charge in [0.05, 0.1) is 16.1 Å². The summed E-state index contributed by atoms with van der Waals surface area (Å²) < 4.78 is 0. The SMILES string of the molecule is O=[N+]([O-])c1ccc2c(C=CCBr)n[nH]c2c1. The molecule has 5 nitrogen and oxygen atoms in total. The second kappa shape index (κ2) is 4.44. The molecule has 0 aliphatic heterocycles. The number of aromatic amines is 1. The van der Waals surface area contributed by atoms with Gasteiger partial charge in [0.1, 0.15) is 0 Å². The first-order valence-electron chi connectivity index (χ1n) is 4.57. The molecule has 1 heterocycles. The summed E-state index contributed by atoms with van der Waals surface area (Å²) in [6.07, 6.45) is 3.77. The van der Waals surface area contributed by atoms with E-state index in [1.165, 1.54) is 12.1 Å². The number of non-ortho nitro benzene ring substituents is 1. The number of allylic oxidation sites excluding steroid dienone is 1. The molecule has 0 amide bonds. The number of alkyl halides is 1. The molecule has 0 saturated heterocycles. The molecule has 0 saturated carbocycles. The van der Waals surface area contributed by atoms with E-state index in [2.05, 4.69) is 26.1 Å². The molecule has 0 atom stereocenters. The van der Waals surface area contributed by atoms with Crippen LogP contribution in [0.5, 0.6) is 0 Å². The summed E-state index contributed by atoms with van der Waals surface area (Å²) in [6.45, 7) is 0. The zero-order valence-corrected chi connectivity index (χ0v) is 9.77. The lowest BCUT2D eigenvalue weighted by Crippen LogP contribution is -1.86. The Morgan fingerprint density at radius 2 is 2.38 bits per heavy atom. The van der Waals surface area contributed by atoms with Crippen LogP contribution in [0.4, 0.5) is 5.69 Å². The number of fused-ring (bicyclic) bond motifs is 1. The van der Waals surface area contributed by atoms with Gasteiger partial charge < -0.3 is 0 Å². The molecule has 1 aromatic heterocycles. The van der Waals surface area contributed by atoms with Crippen LogP contribution in [0.15, 0.2) is 24.3 Å². The van der Waals surface area contributed by atoms with Gasteiger partial charge in [-0.05, 0) is 12.1 Å². The van der Waals surface area contributed by atoms with E-state index in [0.717, 1.165) is 16.4 Å². The fourth-order valence-corrected chi connectivity index (χ4v) is 1.61. The number of rotatable bonds is 3. The Labute approximate surface area is 99.4 Å². The number of benzene rings is 1. The molecule has 2 rings (SSSR count). The third kappa shape index (κ3) is 1.96. The minimum Gasteiger partial charge on any atom is -0.277 e. The molecule has 0 aliphatic carbocycles. The number of nitrogens with zero attached hydrogens (tertiary/aromatic N) is 2. The van der Waals surface area contributed by atoms with Crippen molar-refractivity contribution in [2.24, 2.45) is 0 Å². The Morgan fingerprint density at radius 1 is 1.56 bits per heavy atom. The first-order valence-corrected chi connectivity index (χ1v) is 5.69. The molecule has 1 aromatic carbocycles. The van der Waals surface area contributed by atoms with E-state index in [9.17, 15) is 10.1 Å². The van der Waals surface area contributed by atoms with Crippen molar-refractivity contribution in [3.05, 3.63) is 40.1 Å². The summed E-state index contributed by atoms with van der Waals surface area (Å²) in [6, 6.07) is 4.65. The first kappa shape index (κ1) is 10.8. The van der Waals surface area contributed by atoms with E-state index in [-0.39, 0.29) is 5.69 Å². The largest absolute Gasteiger partial charge is 0.277 e. The van der Waals surface area contributed by atoms with Crippen LogP contribution in [0.2, 0.25) is 0 Å². The molecular weight excluding hydrogens is 274 g/mol. The number of hydrogen-bond acceptors (Lipinski definition) is 3. The van der Waals surface area contributed by atoms with Gasteiger partial charge in [-0.3, -0.25) is 15.2 Å². The van der Waals surface area contributed by atoms with Crippen LogP contribution < -0.4 is 0 Å². The monoisotopic (exact) mass is 281 g/mol. The third-order valence-electron chi connectivity index (χ3n) is 2.15. The molecule has 16 heavy (non-hydrogen) atoms. The highest BCUT2D eigenvalue weighted by Gasteiger charge is 2.09. The first-order chi connectivity index (χ1) is 7.72. The van der Waals surface area contributed by atoms with E-state index < -0.39 is 4.92 Å². The topological polar surface area (TPSA) is 71.8 Å². The molecule has 0 unspecified atom stereocenters. The maximum absolute atomic E-state index is 10.6. The summed E-state index contributed by atoms with van der Waals surface area (Å²) in [7, 11) is 0.